The average molecular weight is 311 g/mol. The lowest BCUT2D eigenvalue weighted by molar-refractivity contribution is -0.116. The molecule has 23 heavy (non-hydrogen) atoms. The fourth-order valence-electron chi connectivity index (χ4n) is 2.49. The van der Waals surface area contributed by atoms with E-state index in [-0.39, 0.29) is 5.91 Å². The molecule has 0 radical (unpaired) electrons. The largest absolute Gasteiger partial charge is 0.369 e. The predicted molar refractivity (Wildman–Crippen MR) is 96.8 cm³/mol. The molecule has 0 spiro atoms. The number of rotatable bonds is 8. The van der Waals surface area contributed by atoms with Crippen LogP contribution < -0.4 is 15.5 Å². The van der Waals surface area contributed by atoms with Gasteiger partial charge in [-0.2, -0.15) is 0 Å². The molecule has 4 nitrogen and oxygen atoms in total. The molecule has 0 atom stereocenters. The minimum absolute atomic E-state index is 0.0563. The minimum Gasteiger partial charge on any atom is -0.369 e. The first-order valence-corrected chi connectivity index (χ1v) is 7.99. The molecule has 2 N–H and O–H groups in total. The van der Waals surface area contributed by atoms with Crippen LogP contribution in [0.2, 0.25) is 0 Å². The molecule has 2 aromatic carbocycles. The highest BCUT2D eigenvalue weighted by Crippen LogP contribution is 2.26. The van der Waals surface area contributed by atoms with Gasteiger partial charge in [0.1, 0.15) is 0 Å². The maximum atomic E-state index is 12.1. The first kappa shape index (κ1) is 17.0. The normalized spacial score (nSPS) is 10.3. The maximum absolute atomic E-state index is 12.1. The molecule has 0 saturated carbocycles. The number of benzene rings is 2. The summed E-state index contributed by atoms with van der Waals surface area (Å²) in [7, 11) is 3.94. The van der Waals surface area contributed by atoms with Crippen LogP contribution in [-0.2, 0) is 11.3 Å². The van der Waals surface area contributed by atoms with E-state index in [1.54, 1.807) is 0 Å². The number of anilines is 2. The standard InChI is InChI=1S/C19H25N3O/c1-20-14-8-13-19(23)21-17-11-6-7-12-18(17)22(2)15-16-9-4-3-5-10-16/h3-7,9-12,20H,8,13-15H2,1-2H3,(H,21,23). The van der Waals surface area contributed by atoms with Crippen LogP contribution in [0.1, 0.15) is 18.4 Å². The van der Waals surface area contributed by atoms with Crippen LogP contribution in [0.4, 0.5) is 11.4 Å². The highest BCUT2D eigenvalue weighted by molar-refractivity contribution is 5.94. The van der Waals surface area contributed by atoms with Crippen molar-refractivity contribution in [3.8, 4) is 0 Å². The topological polar surface area (TPSA) is 44.4 Å². The zero-order valence-corrected chi connectivity index (χ0v) is 13.9. The monoisotopic (exact) mass is 311 g/mol. The van der Waals surface area contributed by atoms with Crippen LogP contribution in [0.15, 0.2) is 54.6 Å². The molecule has 0 bridgehead atoms. The first-order chi connectivity index (χ1) is 11.2. The second kappa shape index (κ2) is 8.96. The van der Waals surface area contributed by atoms with Gasteiger partial charge in [-0.3, -0.25) is 4.79 Å². The zero-order valence-electron chi connectivity index (χ0n) is 13.9. The Balaban J connectivity index is 2.03. The highest BCUT2D eigenvalue weighted by Gasteiger charge is 2.10. The van der Waals surface area contributed by atoms with E-state index >= 15 is 0 Å². The maximum Gasteiger partial charge on any atom is 0.224 e. The van der Waals surface area contributed by atoms with E-state index in [1.807, 2.05) is 56.6 Å². The quantitative estimate of drug-likeness (QED) is 0.736. The molecule has 0 aliphatic carbocycles. The van der Waals surface area contributed by atoms with Gasteiger partial charge in [0.25, 0.3) is 0 Å². The van der Waals surface area contributed by atoms with E-state index in [0.717, 1.165) is 30.9 Å². The lowest BCUT2D eigenvalue weighted by Gasteiger charge is -2.23. The van der Waals surface area contributed by atoms with Gasteiger partial charge in [-0.25, -0.2) is 0 Å². The third-order valence-electron chi connectivity index (χ3n) is 3.68. The van der Waals surface area contributed by atoms with E-state index in [1.165, 1.54) is 5.56 Å². The van der Waals surface area contributed by atoms with Crippen molar-refractivity contribution in [2.75, 3.05) is 30.9 Å². The van der Waals surface area contributed by atoms with Crippen LogP contribution in [0, 0.1) is 0 Å². The van der Waals surface area contributed by atoms with Gasteiger partial charge in [-0.15, -0.1) is 0 Å². The number of para-hydroxylation sites is 2. The second-order valence-electron chi connectivity index (χ2n) is 5.61. The number of carbonyl (C=O) groups is 1. The van der Waals surface area contributed by atoms with Crippen molar-refractivity contribution in [3.63, 3.8) is 0 Å². The number of hydrogen-bond donors (Lipinski definition) is 2. The molecule has 4 heteroatoms. The molecule has 0 aromatic heterocycles. The summed E-state index contributed by atoms with van der Waals surface area (Å²) in [6.07, 6.45) is 1.36. The molecule has 2 rings (SSSR count). The summed E-state index contributed by atoms with van der Waals surface area (Å²) < 4.78 is 0. The molecule has 1 amide bonds. The molecule has 0 aliphatic heterocycles. The van der Waals surface area contributed by atoms with Crippen molar-refractivity contribution in [2.24, 2.45) is 0 Å². The third-order valence-corrected chi connectivity index (χ3v) is 3.68. The Bertz CT molecular complexity index is 613. The van der Waals surface area contributed by atoms with Gasteiger partial charge >= 0.3 is 0 Å². The van der Waals surface area contributed by atoms with Gasteiger partial charge in [0, 0.05) is 20.0 Å². The van der Waals surface area contributed by atoms with Gasteiger partial charge in [0.15, 0.2) is 0 Å². The smallest absolute Gasteiger partial charge is 0.224 e. The van der Waals surface area contributed by atoms with Crippen LogP contribution >= 0.6 is 0 Å². The summed E-state index contributed by atoms with van der Waals surface area (Å²) in [5.74, 6) is 0.0563. The van der Waals surface area contributed by atoms with E-state index in [2.05, 4.69) is 27.7 Å². The Morgan fingerprint density at radius 3 is 2.48 bits per heavy atom. The lowest BCUT2D eigenvalue weighted by atomic mass is 10.2. The van der Waals surface area contributed by atoms with Gasteiger partial charge in [0.05, 0.1) is 11.4 Å². The fourth-order valence-corrected chi connectivity index (χ4v) is 2.49. The summed E-state index contributed by atoms with van der Waals surface area (Å²) in [6, 6.07) is 18.2. The summed E-state index contributed by atoms with van der Waals surface area (Å²) in [5.41, 5.74) is 3.13. The minimum atomic E-state index is 0.0563. The fraction of sp³-hybridized carbons (Fsp3) is 0.316. The van der Waals surface area contributed by atoms with Crippen molar-refractivity contribution >= 4 is 17.3 Å². The average Bonchev–Trinajstić information content (AvgIpc) is 2.56. The van der Waals surface area contributed by atoms with E-state index in [4.69, 9.17) is 0 Å². The van der Waals surface area contributed by atoms with Crippen molar-refractivity contribution in [2.45, 2.75) is 19.4 Å². The van der Waals surface area contributed by atoms with Gasteiger partial charge in [-0.1, -0.05) is 42.5 Å². The number of amides is 1. The number of nitrogens with one attached hydrogen (secondary N) is 2. The SMILES string of the molecule is CNCCCC(=O)Nc1ccccc1N(C)Cc1ccccc1. The summed E-state index contributed by atoms with van der Waals surface area (Å²) in [4.78, 5) is 14.2. The first-order valence-electron chi connectivity index (χ1n) is 7.99. The Morgan fingerprint density at radius 2 is 1.74 bits per heavy atom. The Morgan fingerprint density at radius 1 is 1.04 bits per heavy atom. The summed E-state index contributed by atoms with van der Waals surface area (Å²) in [6.45, 7) is 1.65. The number of nitrogens with zero attached hydrogens (tertiary/aromatic N) is 1. The van der Waals surface area contributed by atoms with Gasteiger partial charge in [-0.05, 0) is 37.7 Å². The molecule has 0 fully saturated rings. The van der Waals surface area contributed by atoms with Crippen LogP contribution in [0.25, 0.3) is 0 Å². The van der Waals surface area contributed by atoms with E-state index in [9.17, 15) is 4.79 Å². The summed E-state index contributed by atoms with van der Waals surface area (Å²) >= 11 is 0. The van der Waals surface area contributed by atoms with E-state index < -0.39 is 0 Å². The molecule has 0 unspecified atom stereocenters. The third kappa shape index (κ3) is 5.42. The Hall–Kier alpha value is -2.33. The number of hydrogen-bond acceptors (Lipinski definition) is 3. The van der Waals surface area contributed by atoms with Crippen molar-refractivity contribution in [1.29, 1.82) is 0 Å². The Labute approximate surface area is 138 Å². The van der Waals surface area contributed by atoms with Crippen LogP contribution in [0.3, 0.4) is 0 Å². The Kier molecular flexibility index (Phi) is 6.63. The molecule has 2 aromatic rings. The zero-order chi connectivity index (χ0) is 16.5. The molecule has 122 valence electrons. The highest BCUT2D eigenvalue weighted by atomic mass is 16.1. The molecule has 0 saturated heterocycles. The molecular weight excluding hydrogens is 286 g/mol. The molecule has 0 aliphatic rings. The summed E-state index contributed by atoms with van der Waals surface area (Å²) in [5, 5.41) is 6.08. The van der Waals surface area contributed by atoms with Gasteiger partial charge in [0.2, 0.25) is 5.91 Å². The lowest BCUT2D eigenvalue weighted by Crippen LogP contribution is -2.20. The van der Waals surface area contributed by atoms with Crippen molar-refractivity contribution < 1.29 is 4.79 Å². The van der Waals surface area contributed by atoms with E-state index in [0.29, 0.717) is 6.42 Å². The predicted octanol–water partition coefficient (Wildman–Crippen LogP) is 3.26. The second-order valence-corrected chi connectivity index (χ2v) is 5.61. The molecular formula is C19H25N3O. The van der Waals surface area contributed by atoms with Crippen molar-refractivity contribution in [1.82, 2.24) is 5.32 Å². The number of carbonyl (C=O) groups excluding carboxylic acids is 1. The molecule has 0 heterocycles. The van der Waals surface area contributed by atoms with Gasteiger partial charge < -0.3 is 15.5 Å². The van der Waals surface area contributed by atoms with Crippen LogP contribution in [0.5, 0.6) is 0 Å². The van der Waals surface area contributed by atoms with Crippen LogP contribution in [-0.4, -0.2) is 26.5 Å². The van der Waals surface area contributed by atoms with Crippen molar-refractivity contribution in [3.05, 3.63) is 60.2 Å².